The molecule has 2 amide bonds. The van der Waals surface area contributed by atoms with Crippen LogP contribution in [0.1, 0.15) is 41.7 Å². The first kappa shape index (κ1) is 16.9. The quantitative estimate of drug-likeness (QED) is 0.656. The number of carbonyl (C=O) groups excluding carboxylic acids is 1. The van der Waals surface area contributed by atoms with E-state index >= 15 is 0 Å². The van der Waals surface area contributed by atoms with Crippen LogP contribution in [0.5, 0.6) is 0 Å². The van der Waals surface area contributed by atoms with Crippen LogP contribution in [0.2, 0.25) is 0 Å². The smallest absolute Gasteiger partial charge is 0.319 e. The van der Waals surface area contributed by atoms with Crippen LogP contribution >= 0.6 is 0 Å². The first-order chi connectivity index (χ1) is 11.8. The molecule has 1 atom stereocenters. The van der Waals surface area contributed by atoms with E-state index in [1.165, 1.54) is 6.07 Å². The molecule has 3 rings (SSSR count). The fourth-order valence-electron chi connectivity index (χ4n) is 3.09. The van der Waals surface area contributed by atoms with Crippen LogP contribution in [0.15, 0.2) is 12.1 Å². The predicted molar refractivity (Wildman–Crippen MR) is 91.5 cm³/mol. The Labute approximate surface area is 144 Å². The molecule has 0 unspecified atom stereocenters. The summed E-state index contributed by atoms with van der Waals surface area (Å²) in [6, 6.07) is 2.43. The largest absolute Gasteiger partial charge is 0.328 e. The van der Waals surface area contributed by atoms with Gasteiger partial charge in [0.1, 0.15) is 11.6 Å². The highest BCUT2D eigenvalue weighted by Crippen LogP contribution is 2.27. The van der Waals surface area contributed by atoms with Crippen LogP contribution < -0.4 is 10.6 Å². The molecule has 1 aromatic carbocycles. The van der Waals surface area contributed by atoms with Crippen LogP contribution in [0.3, 0.4) is 0 Å². The summed E-state index contributed by atoms with van der Waals surface area (Å²) < 4.78 is 1.81. The third-order valence-electron chi connectivity index (χ3n) is 4.27. The van der Waals surface area contributed by atoms with Crippen molar-refractivity contribution >= 4 is 17.4 Å². The number of amides is 2. The number of aryl methyl sites for hydroxylation is 4. The average molecular weight is 344 g/mol. The van der Waals surface area contributed by atoms with Gasteiger partial charge in [0.2, 0.25) is 0 Å². The van der Waals surface area contributed by atoms with E-state index < -0.39 is 11.0 Å². The van der Waals surface area contributed by atoms with Crippen molar-refractivity contribution in [3.05, 3.63) is 45.0 Å². The minimum absolute atomic E-state index is 0.0195. The second-order valence-electron chi connectivity index (χ2n) is 6.24. The van der Waals surface area contributed by atoms with Crippen LogP contribution in [0.25, 0.3) is 0 Å². The van der Waals surface area contributed by atoms with Gasteiger partial charge in [0.25, 0.3) is 5.69 Å². The van der Waals surface area contributed by atoms with Crippen molar-refractivity contribution in [2.45, 2.75) is 46.2 Å². The Morgan fingerprint density at radius 1 is 1.32 bits per heavy atom. The number of carbonyl (C=O) groups is 1. The van der Waals surface area contributed by atoms with Crippen molar-refractivity contribution in [1.82, 2.24) is 20.1 Å². The Hall–Kier alpha value is -2.97. The van der Waals surface area contributed by atoms with Crippen molar-refractivity contribution in [3.8, 4) is 0 Å². The van der Waals surface area contributed by atoms with Crippen molar-refractivity contribution < 1.29 is 9.72 Å². The number of benzene rings is 1. The number of hydrogen-bond donors (Lipinski definition) is 2. The molecular weight excluding hydrogens is 324 g/mol. The summed E-state index contributed by atoms with van der Waals surface area (Å²) in [5, 5.41) is 21.0. The highest BCUT2D eigenvalue weighted by Gasteiger charge is 2.25. The fraction of sp³-hybridized carbons (Fsp3) is 0.438. The predicted octanol–water partition coefficient (Wildman–Crippen LogP) is 2.77. The number of fused-ring (bicyclic) bond motifs is 1. The maximum absolute atomic E-state index is 12.4. The van der Waals surface area contributed by atoms with E-state index in [4.69, 9.17) is 0 Å². The van der Waals surface area contributed by atoms with Gasteiger partial charge in [0.05, 0.1) is 16.7 Å². The summed E-state index contributed by atoms with van der Waals surface area (Å²) in [5.41, 5.74) is 1.72. The average Bonchev–Trinajstić information content (AvgIpc) is 2.91. The standard InChI is InChI=1S/C16H20N6O3/c1-9-7-10(2)14(22(24)25)8-13(9)19-16(23)18-12-5-4-6-21-15(12)17-11(3)20-21/h7-8,12H,4-6H2,1-3H3,(H2,18,19,23)/t12-/m0/s1. The Bertz CT molecular complexity index is 845. The number of nitrogens with one attached hydrogen (secondary N) is 2. The molecule has 0 saturated heterocycles. The van der Waals surface area contributed by atoms with Crippen molar-refractivity contribution in [2.75, 3.05) is 5.32 Å². The maximum atomic E-state index is 12.4. The van der Waals surface area contributed by atoms with Gasteiger partial charge < -0.3 is 10.6 Å². The maximum Gasteiger partial charge on any atom is 0.319 e. The monoisotopic (exact) mass is 344 g/mol. The molecule has 0 fully saturated rings. The topological polar surface area (TPSA) is 115 Å². The molecule has 9 nitrogen and oxygen atoms in total. The summed E-state index contributed by atoms with van der Waals surface area (Å²) in [5.74, 6) is 1.42. The SMILES string of the molecule is Cc1nc2n(n1)CCC[C@@H]2NC(=O)Nc1cc([N+](=O)[O-])c(C)cc1C. The lowest BCUT2D eigenvalue weighted by atomic mass is 10.1. The number of urea groups is 1. The van der Waals surface area contributed by atoms with E-state index in [0.717, 1.165) is 30.8 Å². The van der Waals surface area contributed by atoms with E-state index in [9.17, 15) is 14.9 Å². The minimum atomic E-state index is -0.454. The van der Waals surface area contributed by atoms with E-state index in [2.05, 4.69) is 20.7 Å². The molecule has 132 valence electrons. The van der Waals surface area contributed by atoms with Crippen LogP contribution in [-0.4, -0.2) is 25.7 Å². The molecule has 0 saturated carbocycles. The zero-order chi connectivity index (χ0) is 18.1. The summed E-state index contributed by atoms with van der Waals surface area (Å²) in [6.45, 7) is 6.08. The van der Waals surface area contributed by atoms with Gasteiger partial charge in [-0.1, -0.05) is 0 Å². The van der Waals surface area contributed by atoms with Gasteiger partial charge in [-0.2, -0.15) is 5.10 Å². The molecule has 2 N–H and O–H groups in total. The Kier molecular flexibility index (Phi) is 4.39. The molecule has 2 aromatic rings. The van der Waals surface area contributed by atoms with Crippen molar-refractivity contribution in [2.24, 2.45) is 0 Å². The summed E-state index contributed by atoms with van der Waals surface area (Å²) in [7, 11) is 0. The molecule has 1 aromatic heterocycles. The third kappa shape index (κ3) is 3.44. The number of nitrogens with zero attached hydrogens (tertiary/aromatic N) is 4. The molecule has 0 radical (unpaired) electrons. The van der Waals surface area contributed by atoms with E-state index in [1.54, 1.807) is 19.9 Å². The van der Waals surface area contributed by atoms with E-state index in [-0.39, 0.29) is 11.7 Å². The number of aromatic nitrogens is 3. The fourth-order valence-corrected chi connectivity index (χ4v) is 3.09. The van der Waals surface area contributed by atoms with Gasteiger partial charge in [0, 0.05) is 18.2 Å². The van der Waals surface area contributed by atoms with Gasteiger partial charge in [-0.15, -0.1) is 0 Å². The Morgan fingerprint density at radius 2 is 2.08 bits per heavy atom. The third-order valence-corrected chi connectivity index (χ3v) is 4.27. The summed E-state index contributed by atoms with van der Waals surface area (Å²) in [6.07, 6.45) is 1.67. The zero-order valence-electron chi connectivity index (χ0n) is 14.4. The second kappa shape index (κ2) is 6.50. The van der Waals surface area contributed by atoms with Gasteiger partial charge in [-0.05, 0) is 45.2 Å². The molecule has 9 heteroatoms. The molecular formula is C16H20N6O3. The second-order valence-corrected chi connectivity index (χ2v) is 6.24. The van der Waals surface area contributed by atoms with Gasteiger partial charge in [-0.25, -0.2) is 14.5 Å². The first-order valence-corrected chi connectivity index (χ1v) is 8.09. The van der Waals surface area contributed by atoms with Gasteiger partial charge in [-0.3, -0.25) is 10.1 Å². The first-order valence-electron chi connectivity index (χ1n) is 8.09. The van der Waals surface area contributed by atoms with Crippen molar-refractivity contribution in [3.63, 3.8) is 0 Å². The highest BCUT2D eigenvalue weighted by atomic mass is 16.6. The Balaban J connectivity index is 1.76. The molecule has 2 heterocycles. The molecule has 0 aliphatic carbocycles. The molecule has 25 heavy (non-hydrogen) atoms. The van der Waals surface area contributed by atoms with E-state index in [0.29, 0.717) is 17.1 Å². The molecule has 0 bridgehead atoms. The van der Waals surface area contributed by atoms with Gasteiger partial charge in [0.15, 0.2) is 0 Å². The minimum Gasteiger partial charge on any atom is -0.328 e. The van der Waals surface area contributed by atoms with Gasteiger partial charge >= 0.3 is 6.03 Å². The van der Waals surface area contributed by atoms with E-state index in [1.807, 2.05) is 11.6 Å². The van der Waals surface area contributed by atoms with Crippen LogP contribution in [0, 0.1) is 30.9 Å². The van der Waals surface area contributed by atoms with Crippen LogP contribution in [-0.2, 0) is 6.54 Å². The van der Waals surface area contributed by atoms with Crippen molar-refractivity contribution in [1.29, 1.82) is 0 Å². The Morgan fingerprint density at radius 3 is 2.80 bits per heavy atom. The lowest BCUT2D eigenvalue weighted by Crippen LogP contribution is -2.36. The molecule has 1 aliphatic heterocycles. The highest BCUT2D eigenvalue weighted by molar-refractivity contribution is 5.90. The number of nitro benzene ring substituents is 1. The molecule has 0 spiro atoms. The number of nitro groups is 1. The summed E-state index contributed by atoms with van der Waals surface area (Å²) >= 11 is 0. The number of rotatable bonds is 3. The number of hydrogen-bond acceptors (Lipinski definition) is 5. The zero-order valence-corrected chi connectivity index (χ0v) is 14.4. The lowest BCUT2D eigenvalue weighted by molar-refractivity contribution is -0.385. The molecule has 1 aliphatic rings. The number of anilines is 1. The van der Waals surface area contributed by atoms with Crippen LogP contribution in [0.4, 0.5) is 16.2 Å². The normalized spacial score (nSPS) is 16.2. The summed E-state index contributed by atoms with van der Waals surface area (Å²) in [4.78, 5) is 27.4. The lowest BCUT2D eigenvalue weighted by Gasteiger charge is -2.23.